The van der Waals surface area contributed by atoms with Gasteiger partial charge in [-0.15, -0.1) is 24.0 Å². The number of methoxy groups -OCH3 is 1. The molecule has 2 aromatic rings. The van der Waals surface area contributed by atoms with Crippen molar-refractivity contribution in [2.75, 3.05) is 40.5 Å². The van der Waals surface area contributed by atoms with Crippen LogP contribution in [0.1, 0.15) is 24.0 Å². The smallest absolute Gasteiger partial charge is 0.213 e. The Labute approximate surface area is 197 Å². The van der Waals surface area contributed by atoms with E-state index in [1.54, 1.807) is 7.11 Å². The summed E-state index contributed by atoms with van der Waals surface area (Å²) in [5.74, 6) is 2.33. The highest BCUT2D eigenvalue weighted by Gasteiger charge is 2.21. The fourth-order valence-corrected chi connectivity index (χ4v) is 3.64. The molecule has 1 aromatic carbocycles. The second-order valence-corrected chi connectivity index (χ2v) is 7.37. The minimum absolute atomic E-state index is 0. The molecule has 6 nitrogen and oxygen atoms in total. The maximum Gasteiger partial charge on any atom is 0.213 e. The Hall–Kier alpha value is -1.87. The predicted octanol–water partition coefficient (Wildman–Crippen LogP) is 3.75. The van der Waals surface area contributed by atoms with Crippen molar-refractivity contribution in [3.05, 3.63) is 59.8 Å². The Morgan fingerprint density at radius 3 is 2.50 bits per heavy atom. The maximum absolute atomic E-state index is 5.51. The van der Waals surface area contributed by atoms with Crippen molar-refractivity contribution >= 4 is 29.9 Å². The molecule has 0 radical (unpaired) electrons. The van der Waals surface area contributed by atoms with Gasteiger partial charge in [0.05, 0.1) is 6.61 Å². The van der Waals surface area contributed by atoms with Crippen molar-refractivity contribution in [2.45, 2.75) is 25.8 Å². The molecule has 1 aliphatic heterocycles. The van der Waals surface area contributed by atoms with Crippen LogP contribution in [-0.2, 0) is 17.7 Å². The number of pyridine rings is 1. The molecule has 0 aliphatic carbocycles. The van der Waals surface area contributed by atoms with Crippen molar-refractivity contribution in [3.63, 3.8) is 0 Å². The number of hydrogen-bond acceptors (Lipinski definition) is 4. The van der Waals surface area contributed by atoms with E-state index in [0.717, 1.165) is 30.5 Å². The summed E-state index contributed by atoms with van der Waals surface area (Å²) in [7, 11) is 3.51. The molecule has 0 bridgehead atoms. The molecule has 1 aliphatic rings. The lowest BCUT2D eigenvalue weighted by atomic mass is 9.90. The molecule has 30 heavy (non-hydrogen) atoms. The van der Waals surface area contributed by atoms with Crippen LogP contribution in [0.4, 0.5) is 0 Å². The van der Waals surface area contributed by atoms with Gasteiger partial charge in [-0.3, -0.25) is 4.99 Å². The van der Waals surface area contributed by atoms with Gasteiger partial charge in [0.1, 0.15) is 6.61 Å². The summed E-state index contributed by atoms with van der Waals surface area (Å²) in [6.45, 7) is 3.85. The number of benzene rings is 1. The Kier molecular flexibility index (Phi) is 10.9. The minimum atomic E-state index is 0. The Morgan fingerprint density at radius 1 is 1.10 bits per heavy atom. The molecule has 1 saturated heterocycles. The average Bonchev–Trinajstić information content (AvgIpc) is 2.77. The zero-order valence-corrected chi connectivity index (χ0v) is 20.2. The van der Waals surface area contributed by atoms with E-state index in [9.17, 15) is 0 Å². The highest BCUT2D eigenvalue weighted by Crippen LogP contribution is 2.21. The van der Waals surface area contributed by atoms with Crippen molar-refractivity contribution < 1.29 is 9.47 Å². The first-order chi connectivity index (χ1) is 14.3. The Balaban J connectivity index is 0.00000320. The first kappa shape index (κ1) is 24.4. The fraction of sp³-hybridized carbons (Fsp3) is 0.478. The van der Waals surface area contributed by atoms with Crippen LogP contribution in [0, 0.1) is 5.92 Å². The van der Waals surface area contributed by atoms with E-state index in [2.05, 4.69) is 50.5 Å². The summed E-state index contributed by atoms with van der Waals surface area (Å²) in [5.41, 5.74) is 2.54. The predicted molar refractivity (Wildman–Crippen MR) is 132 cm³/mol. The summed E-state index contributed by atoms with van der Waals surface area (Å²) >= 11 is 0. The summed E-state index contributed by atoms with van der Waals surface area (Å²) in [6.07, 6.45) is 5.41. The molecule has 164 valence electrons. The summed E-state index contributed by atoms with van der Waals surface area (Å²) < 4.78 is 10.5. The molecule has 0 saturated carbocycles. The summed E-state index contributed by atoms with van der Waals surface area (Å²) in [6, 6.07) is 14.7. The maximum atomic E-state index is 5.51. The second kappa shape index (κ2) is 13.4. The third kappa shape index (κ3) is 7.75. The Bertz CT molecular complexity index is 748. The first-order valence-electron chi connectivity index (χ1n) is 10.3. The lowest BCUT2D eigenvalue weighted by Gasteiger charge is -2.34. The zero-order chi connectivity index (χ0) is 20.3. The number of nitrogens with zero attached hydrogens (tertiary/aromatic N) is 3. The van der Waals surface area contributed by atoms with Gasteiger partial charge in [-0.05, 0) is 36.3 Å². The molecule has 1 N–H and O–H groups in total. The highest BCUT2D eigenvalue weighted by molar-refractivity contribution is 14.0. The van der Waals surface area contributed by atoms with E-state index in [4.69, 9.17) is 9.47 Å². The van der Waals surface area contributed by atoms with E-state index >= 15 is 0 Å². The van der Waals surface area contributed by atoms with Crippen LogP contribution in [0.3, 0.4) is 0 Å². The number of aromatic nitrogens is 1. The van der Waals surface area contributed by atoms with Crippen LogP contribution in [-0.4, -0.2) is 56.3 Å². The van der Waals surface area contributed by atoms with Crippen molar-refractivity contribution in [1.29, 1.82) is 0 Å². The number of piperidine rings is 1. The SMILES string of the molecule is CN=C(NCc1ccc(OCCOC)nc1)N1CCC(Cc2ccccc2)CC1.I. The number of ether oxygens (including phenoxy) is 2. The van der Waals surface area contributed by atoms with E-state index in [-0.39, 0.29) is 24.0 Å². The van der Waals surface area contributed by atoms with Gasteiger partial charge in [0.15, 0.2) is 5.96 Å². The number of nitrogens with one attached hydrogen (secondary N) is 1. The quantitative estimate of drug-likeness (QED) is 0.247. The van der Waals surface area contributed by atoms with Crippen molar-refractivity contribution in [2.24, 2.45) is 10.9 Å². The van der Waals surface area contributed by atoms with Gasteiger partial charge in [-0.1, -0.05) is 36.4 Å². The summed E-state index contributed by atoms with van der Waals surface area (Å²) in [5, 5.41) is 3.47. The van der Waals surface area contributed by atoms with Crippen molar-refractivity contribution in [3.8, 4) is 5.88 Å². The third-order valence-electron chi connectivity index (χ3n) is 5.28. The van der Waals surface area contributed by atoms with Gasteiger partial charge in [-0.25, -0.2) is 4.98 Å². The van der Waals surface area contributed by atoms with Crippen LogP contribution in [0.5, 0.6) is 5.88 Å². The van der Waals surface area contributed by atoms with Gasteiger partial charge in [-0.2, -0.15) is 0 Å². The second-order valence-electron chi connectivity index (χ2n) is 7.37. The molecule has 1 fully saturated rings. The molecule has 0 spiro atoms. The normalized spacial score (nSPS) is 14.9. The largest absolute Gasteiger partial charge is 0.475 e. The molecular formula is C23H33IN4O2. The van der Waals surface area contributed by atoms with Gasteiger partial charge in [0.2, 0.25) is 5.88 Å². The van der Waals surface area contributed by atoms with Crippen LogP contribution in [0.25, 0.3) is 0 Å². The minimum Gasteiger partial charge on any atom is -0.475 e. The number of hydrogen-bond donors (Lipinski definition) is 1. The van der Waals surface area contributed by atoms with Crippen LogP contribution >= 0.6 is 24.0 Å². The summed E-state index contributed by atoms with van der Waals surface area (Å²) in [4.78, 5) is 11.2. The van der Waals surface area contributed by atoms with Crippen LogP contribution < -0.4 is 10.1 Å². The average molecular weight is 524 g/mol. The van der Waals surface area contributed by atoms with Gasteiger partial charge < -0.3 is 19.7 Å². The first-order valence-corrected chi connectivity index (χ1v) is 10.3. The van der Waals surface area contributed by atoms with Gasteiger partial charge in [0.25, 0.3) is 0 Å². The monoisotopic (exact) mass is 524 g/mol. The van der Waals surface area contributed by atoms with E-state index < -0.39 is 0 Å². The molecule has 0 unspecified atom stereocenters. The van der Waals surface area contributed by atoms with E-state index in [1.165, 1.54) is 24.8 Å². The van der Waals surface area contributed by atoms with Gasteiger partial charge >= 0.3 is 0 Å². The number of rotatable bonds is 8. The molecule has 1 aromatic heterocycles. The zero-order valence-electron chi connectivity index (χ0n) is 17.9. The number of guanidine groups is 1. The molecule has 7 heteroatoms. The van der Waals surface area contributed by atoms with E-state index in [0.29, 0.717) is 25.6 Å². The number of likely N-dealkylation sites (tertiary alicyclic amines) is 1. The third-order valence-corrected chi connectivity index (χ3v) is 5.28. The number of halogens is 1. The molecule has 3 rings (SSSR count). The lowest BCUT2D eigenvalue weighted by molar-refractivity contribution is 0.143. The molecule has 0 atom stereocenters. The fourth-order valence-electron chi connectivity index (χ4n) is 3.64. The highest BCUT2D eigenvalue weighted by atomic mass is 127. The topological polar surface area (TPSA) is 59.0 Å². The lowest BCUT2D eigenvalue weighted by Crippen LogP contribution is -2.45. The van der Waals surface area contributed by atoms with E-state index in [1.807, 2.05) is 25.4 Å². The Morgan fingerprint density at radius 2 is 1.87 bits per heavy atom. The standard InChI is InChI=1S/C23H32N4O2.HI/c1-24-23(26-18-21-8-9-22(25-17-21)29-15-14-28-2)27-12-10-20(11-13-27)16-19-6-4-3-5-7-19;/h3-9,17,20H,10-16,18H2,1-2H3,(H,24,26);1H. The van der Waals surface area contributed by atoms with Crippen LogP contribution in [0.15, 0.2) is 53.7 Å². The molecule has 0 amide bonds. The number of aliphatic imine (C=N–C) groups is 1. The molecule has 2 heterocycles. The van der Waals surface area contributed by atoms with Crippen LogP contribution in [0.2, 0.25) is 0 Å². The van der Waals surface area contributed by atoms with Crippen molar-refractivity contribution in [1.82, 2.24) is 15.2 Å². The molecular weight excluding hydrogens is 491 g/mol. The van der Waals surface area contributed by atoms with Gasteiger partial charge in [0, 0.05) is 46.1 Å².